The number of benzene rings is 1. The van der Waals surface area contributed by atoms with Crippen molar-refractivity contribution in [3.8, 4) is 0 Å². The van der Waals surface area contributed by atoms with E-state index >= 15 is 0 Å². The molecule has 1 amide bonds. The standard InChI is InChI=1S/C11H10ClNO/c1-6-5-11(6)7-3-2-4-8(12)9(7)13-10(11)14/h2-4,6H,5H2,1H3,(H,13,14). The quantitative estimate of drug-likeness (QED) is 0.696. The van der Waals surface area contributed by atoms with Gasteiger partial charge in [-0.05, 0) is 24.0 Å². The lowest BCUT2D eigenvalue weighted by Gasteiger charge is -2.05. The summed E-state index contributed by atoms with van der Waals surface area (Å²) >= 11 is 6.02. The number of halogens is 1. The van der Waals surface area contributed by atoms with Gasteiger partial charge in [0.1, 0.15) is 0 Å². The monoisotopic (exact) mass is 207 g/mol. The Bertz CT molecular complexity index is 443. The number of fused-ring (bicyclic) bond motifs is 2. The predicted octanol–water partition coefficient (Wildman–Crippen LogP) is 2.57. The minimum absolute atomic E-state index is 0.119. The molecule has 2 atom stereocenters. The highest BCUT2D eigenvalue weighted by atomic mass is 35.5. The van der Waals surface area contributed by atoms with E-state index in [4.69, 9.17) is 11.6 Å². The third-order valence-corrected chi connectivity index (χ3v) is 3.76. The van der Waals surface area contributed by atoms with Gasteiger partial charge in [-0.3, -0.25) is 4.79 Å². The lowest BCUT2D eigenvalue weighted by molar-refractivity contribution is -0.118. The van der Waals surface area contributed by atoms with Crippen LogP contribution in [0, 0.1) is 5.92 Å². The molecule has 1 saturated carbocycles. The van der Waals surface area contributed by atoms with Crippen LogP contribution in [0.1, 0.15) is 18.9 Å². The van der Waals surface area contributed by atoms with Gasteiger partial charge in [0.2, 0.25) is 5.91 Å². The summed E-state index contributed by atoms with van der Waals surface area (Å²) < 4.78 is 0. The molecule has 1 fully saturated rings. The van der Waals surface area contributed by atoms with Crippen LogP contribution in [0.25, 0.3) is 0 Å². The summed E-state index contributed by atoms with van der Waals surface area (Å²) in [5, 5.41) is 3.52. The van der Waals surface area contributed by atoms with E-state index in [-0.39, 0.29) is 11.3 Å². The molecule has 1 aromatic rings. The van der Waals surface area contributed by atoms with Gasteiger partial charge < -0.3 is 5.32 Å². The van der Waals surface area contributed by atoms with Crippen LogP contribution < -0.4 is 5.32 Å². The molecular weight excluding hydrogens is 198 g/mol. The van der Waals surface area contributed by atoms with Crippen molar-refractivity contribution in [3.63, 3.8) is 0 Å². The maximum Gasteiger partial charge on any atom is 0.235 e. The van der Waals surface area contributed by atoms with Gasteiger partial charge in [0.15, 0.2) is 0 Å². The maximum atomic E-state index is 11.8. The van der Waals surface area contributed by atoms with E-state index in [0.29, 0.717) is 10.9 Å². The lowest BCUT2D eigenvalue weighted by atomic mass is 9.95. The lowest BCUT2D eigenvalue weighted by Crippen LogP contribution is -2.20. The number of carbonyl (C=O) groups is 1. The molecular formula is C11H10ClNO. The minimum Gasteiger partial charge on any atom is -0.324 e. The normalized spacial score (nSPS) is 33.0. The number of hydrogen-bond donors (Lipinski definition) is 1. The molecule has 3 rings (SSSR count). The Morgan fingerprint density at radius 1 is 1.57 bits per heavy atom. The van der Waals surface area contributed by atoms with Gasteiger partial charge in [-0.1, -0.05) is 30.7 Å². The Labute approximate surface area is 87.3 Å². The molecule has 14 heavy (non-hydrogen) atoms. The number of rotatable bonds is 0. The van der Waals surface area contributed by atoms with Crippen molar-refractivity contribution in [3.05, 3.63) is 28.8 Å². The van der Waals surface area contributed by atoms with Crippen molar-refractivity contribution in [2.24, 2.45) is 5.92 Å². The summed E-state index contributed by atoms with van der Waals surface area (Å²) in [6.07, 6.45) is 0.951. The van der Waals surface area contributed by atoms with E-state index in [2.05, 4.69) is 12.2 Å². The van der Waals surface area contributed by atoms with E-state index < -0.39 is 0 Å². The highest BCUT2D eigenvalue weighted by Gasteiger charge is 2.62. The molecule has 1 N–H and O–H groups in total. The van der Waals surface area contributed by atoms with Crippen LogP contribution in [0.5, 0.6) is 0 Å². The predicted molar refractivity (Wildman–Crippen MR) is 55.5 cm³/mol. The molecule has 3 heteroatoms. The number of nitrogens with one attached hydrogen (secondary N) is 1. The molecule has 2 aliphatic rings. The van der Waals surface area contributed by atoms with E-state index in [1.54, 1.807) is 0 Å². The van der Waals surface area contributed by atoms with Crippen LogP contribution in [-0.4, -0.2) is 5.91 Å². The van der Waals surface area contributed by atoms with Crippen LogP contribution in [0.15, 0.2) is 18.2 Å². The van der Waals surface area contributed by atoms with Crippen LogP contribution in [0.4, 0.5) is 5.69 Å². The first kappa shape index (κ1) is 8.30. The molecule has 2 nitrogen and oxygen atoms in total. The molecule has 1 aliphatic carbocycles. The van der Waals surface area contributed by atoms with Crippen molar-refractivity contribution in [2.45, 2.75) is 18.8 Å². The van der Waals surface area contributed by atoms with Crippen molar-refractivity contribution < 1.29 is 4.79 Å². The van der Waals surface area contributed by atoms with Crippen LogP contribution in [-0.2, 0) is 10.2 Å². The number of para-hydroxylation sites is 1. The van der Waals surface area contributed by atoms with Gasteiger partial charge >= 0.3 is 0 Å². The topological polar surface area (TPSA) is 29.1 Å². The number of anilines is 1. The first-order chi connectivity index (χ1) is 6.66. The molecule has 1 heterocycles. The first-order valence-corrected chi connectivity index (χ1v) is 5.14. The second-order valence-electron chi connectivity index (χ2n) is 4.19. The van der Waals surface area contributed by atoms with E-state index in [1.165, 1.54) is 0 Å². The molecule has 1 aliphatic heterocycles. The number of carbonyl (C=O) groups excluding carboxylic acids is 1. The Morgan fingerprint density at radius 3 is 2.93 bits per heavy atom. The second kappa shape index (κ2) is 2.31. The van der Waals surface area contributed by atoms with E-state index in [1.807, 2.05) is 18.2 Å². The second-order valence-corrected chi connectivity index (χ2v) is 4.60. The van der Waals surface area contributed by atoms with Crippen molar-refractivity contribution in [1.29, 1.82) is 0 Å². The molecule has 72 valence electrons. The molecule has 2 unspecified atom stereocenters. The Balaban J connectivity index is 2.24. The van der Waals surface area contributed by atoms with Gasteiger partial charge in [-0.25, -0.2) is 0 Å². The number of amides is 1. The zero-order chi connectivity index (χ0) is 9.92. The zero-order valence-electron chi connectivity index (χ0n) is 7.80. The third kappa shape index (κ3) is 0.758. The fourth-order valence-electron chi connectivity index (χ4n) is 2.49. The Morgan fingerprint density at radius 2 is 2.29 bits per heavy atom. The van der Waals surface area contributed by atoms with E-state index in [9.17, 15) is 4.79 Å². The Hall–Kier alpha value is -1.02. The largest absolute Gasteiger partial charge is 0.324 e. The van der Waals surface area contributed by atoms with Crippen LogP contribution >= 0.6 is 11.6 Å². The summed E-state index contributed by atoms with van der Waals surface area (Å²) in [6, 6.07) is 5.73. The van der Waals surface area contributed by atoms with Crippen LogP contribution in [0.2, 0.25) is 5.02 Å². The average Bonchev–Trinajstić information content (AvgIpc) is 2.73. The van der Waals surface area contributed by atoms with Crippen molar-refractivity contribution in [2.75, 3.05) is 5.32 Å². The van der Waals surface area contributed by atoms with Gasteiger partial charge in [0.05, 0.1) is 16.1 Å². The van der Waals surface area contributed by atoms with Gasteiger partial charge in [-0.15, -0.1) is 0 Å². The molecule has 0 radical (unpaired) electrons. The first-order valence-electron chi connectivity index (χ1n) is 4.76. The smallest absolute Gasteiger partial charge is 0.235 e. The van der Waals surface area contributed by atoms with Crippen molar-refractivity contribution in [1.82, 2.24) is 0 Å². The summed E-state index contributed by atoms with van der Waals surface area (Å²) in [5.74, 6) is 0.565. The van der Waals surface area contributed by atoms with Gasteiger partial charge in [-0.2, -0.15) is 0 Å². The highest BCUT2D eigenvalue weighted by Crippen LogP contribution is 2.60. The third-order valence-electron chi connectivity index (χ3n) is 3.45. The average molecular weight is 208 g/mol. The zero-order valence-corrected chi connectivity index (χ0v) is 8.56. The molecule has 0 saturated heterocycles. The van der Waals surface area contributed by atoms with Gasteiger partial charge in [0.25, 0.3) is 0 Å². The fourth-order valence-corrected chi connectivity index (χ4v) is 2.71. The van der Waals surface area contributed by atoms with Crippen molar-refractivity contribution >= 4 is 23.2 Å². The molecule has 0 bridgehead atoms. The molecule has 0 aromatic heterocycles. The highest BCUT2D eigenvalue weighted by molar-refractivity contribution is 6.35. The van der Waals surface area contributed by atoms with Crippen LogP contribution in [0.3, 0.4) is 0 Å². The summed E-state index contributed by atoms with van der Waals surface area (Å²) in [6.45, 7) is 2.11. The van der Waals surface area contributed by atoms with E-state index in [0.717, 1.165) is 17.7 Å². The summed E-state index contributed by atoms with van der Waals surface area (Å²) in [4.78, 5) is 11.8. The minimum atomic E-state index is -0.250. The SMILES string of the molecule is CC1CC12C(=O)Nc1c(Cl)cccc12. The fraction of sp³-hybridized carbons (Fsp3) is 0.364. The molecule has 1 spiro atoms. The van der Waals surface area contributed by atoms with Gasteiger partial charge in [0, 0.05) is 0 Å². The molecule has 1 aromatic carbocycles. The summed E-state index contributed by atoms with van der Waals surface area (Å²) in [5.41, 5.74) is 1.66. The number of hydrogen-bond acceptors (Lipinski definition) is 1. The Kier molecular flexibility index (Phi) is 1.37. The summed E-state index contributed by atoms with van der Waals surface area (Å²) in [7, 11) is 0. The maximum absolute atomic E-state index is 11.8.